The average molecular weight is 377 g/mol. The quantitative estimate of drug-likeness (QED) is 0.527. The van der Waals surface area contributed by atoms with Crippen molar-refractivity contribution in [1.29, 1.82) is 0 Å². The van der Waals surface area contributed by atoms with Crippen LogP contribution in [0, 0.1) is 0 Å². The molecule has 0 aromatic carbocycles. The molecule has 0 amide bonds. The van der Waals surface area contributed by atoms with Crippen LogP contribution in [0.25, 0.3) is 5.52 Å². The Morgan fingerprint density at radius 3 is 2.93 bits per heavy atom. The van der Waals surface area contributed by atoms with Crippen LogP contribution in [-0.2, 0) is 18.4 Å². The molecule has 0 unspecified atom stereocenters. The first-order chi connectivity index (χ1) is 13.5. The van der Waals surface area contributed by atoms with Crippen LogP contribution in [0.15, 0.2) is 71.6 Å². The van der Waals surface area contributed by atoms with Gasteiger partial charge in [-0.15, -0.1) is 5.10 Å². The minimum atomic E-state index is -0.213. The Bertz CT molecular complexity index is 1150. The van der Waals surface area contributed by atoms with Crippen molar-refractivity contribution < 1.29 is 14.5 Å². The third-order valence-electron chi connectivity index (χ3n) is 4.59. The minimum absolute atomic E-state index is 0.103. The van der Waals surface area contributed by atoms with E-state index in [4.69, 9.17) is 0 Å². The largest absolute Gasteiger partial charge is 0.505 e. The molecule has 28 heavy (non-hydrogen) atoms. The van der Waals surface area contributed by atoms with Crippen LogP contribution in [0.1, 0.15) is 6.92 Å². The first kappa shape index (κ1) is 17.7. The number of hydrogen-bond acceptors (Lipinski definition) is 5. The number of carbonyl (C=O) groups is 1. The molecule has 3 aromatic heterocycles. The number of ketones is 1. The molecule has 2 N–H and O–H groups in total. The van der Waals surface area contributed by atoms with Crippen LogP contribution < -0.4 is 9.88 Å². The Hall–Kier alpha value is -3.68. The molecule has 0 saturated carbocycles. The van der Waals surface area contributed by atoms with Gasteiger partial charge in [0.25, 0.3) is 0 Å². The number of aliphatic hydroxyl groups excluding tert-OH is 1. The van der Waals surface area contributed by atoms with Crippen molar-refractivity contribution in [3.8, 4) is 0 Å². The van der Waals surface area contributed by atoms with Gasteiger partial charge in [0.15, 0.2) is 11.6 Å². The number of nitrogens with one attached hydrogen (secondary N) is 1. The zero-order chi connectivity index (χ0) is 19.7. The highest BCUT2D eigenvalue weighted by Crippen LogP contribution is 2.31. The SMILES string of the molecule is CC1=C(O)/C(=N/c2c(NCCn3cc[n+](C)c3)nn3ccccc23)C=CC1=O. The molecule has 8 nitrogen and oxygen atoms in total. The van der Waals surface area contributed by atoms with E-state index in [0.717, 1.165) is 12.1 Å². The Kier molecular flexibility index (Phi) is 4.52. The predicted octanol–water partition coefficient (Wildman–Crippen LogP) is 2.12. The Morgan fingerprint density at radius 2 is 2.14 bits per heavy atom. The maximum atomic E-state index is 11.7. The number of aromatic nitrogens is 4. The molecular formula is C20H21N6O2+. The van der Waals surface area contributed by atoms with Gasteiger partial charge in [-0.05, 0) is 31.2 Å². The van der Waals surface area contributed by atoms with Crippen molar-refractivity contribution in [1.82, 2.24) is 14.2 Å². The lowest BCUT2D eigenvalue weighted by atomic mass is 10.0. The number of anilines is 1. The first-order valence-electron chi connectivity index (χ1n) is 8.96. The molecule has 0 fully saturated rings. The van der Waals surface area contributed by atoms with Crippen LogP contribution in [0.4, 0.5) is 11.5 Å². The van der Waals surface area contributed by atoms with Crippen molar-refractivity contribution in [2.24, 2.45) is 12.0 Å². The highest BCUT2D eigenvalue weighted by molar-refractivity contribution is 6.21. The molecule has 0 radical (unpaired) electrons. The lowest BCUT2D eigenvalue weighted by Gasteiger charge is -2.09. The molecule has 3 aromatic rings. The summed E-state index contributed by atoms with van der Waals surface area (Å²) in [5, 5.41) is 18.2. The molecule has 4 rings (SSSR count). The monoisotopic (exact) mass is 377 g/mol. The average Bonchev–Trinajstić information content (AvgIpc) is 3.26. The summed E-state index contributed by atoms with van der Waals surface area (Å²) in [6.45, 7) is 3.01. The zero-order valence-corrected chi connectivity index (χ0v) is 15.7. The van der Waals surface area contributed by atoms with Gasteiger partial charge >= 0.3 is 0 Å². The van der Waals surface area contributed by atoms with Crippen molar-refractivity contribution in [3.63, 3.8) is 0 Å². The Balaban J connectivity index is 1.67. The maximum absolute atomic E-state index is 11.7. The van der Waals surface area contributed by atoms with Crippen LogP contribution in [0.2, 0.25) is 0 Å². The molecule has 0 bridgehead atoms. The van der Waals surface area contributed by atoms with Crippen molar-refractivity contribution in [2.45, 2.75) is 13.5 Å². The van der Waals surface area contributed by atoms with E-state index >= 15 is 0 Å². The highest BCUT2D eigenvalue weighted by atomic mass is 16.3. The number of aliphatic imine (C=N–C) groups is 1. The topological polar surface area (TPSA) is 87.8 Å². The standard InChI is InChI=1S/C20H20N6O2/c1-14-17(27)7-6-15(19(14)28)22-18-16-5-3-4-9-26(16)23-20(18)21-8-10-25-12-11-24(2)13-25/h3-7,9,11-13H,8,10H2,1-2H3,(H-,21,23,27,28)/p+1/b22-15+. The summed E-state index contributed by atoms with van der Waals surface area (Å²) in [4.78, 5) is 16.3. The second kappa shape index (κ2) is 7.15. The van der Waals surface area contributed by atoms with E-state index in [1.54, 1.807) is 11.4 Å². The number of aliphatic hydroxyl groups is 1. The fourth-order valence-electron chi connectivity index (χ4n) is 3.03. The number of hydrogen-bond donors (Lipinski definition) is 2. The van der Waals surface area contributed by atoms with E-state index in [1.165, 1.54) is 12.2 Å². The fraction of sp³-hybridized carbons (Fsp3) is 0.200. The van der Waals surface area contributed by atoms with Gasteiger partial charge in [0.1, 0.15) is 36.1 Å². The number of aryl methyl sites for hydroxylation is 1. The summed E-state index contributed by atoms with van der Waals surface area (Å²) in [5.41, 5.74) is 2.05. The number of carbonyl (C=O) groups excluding carboxylic acids is 1. The van der Waals surface area contributed by atoms with Gasteiger partial charge in [-0.25, -0.2) is 18.6 Å². The van der Waals surface area contributed by atoms with Gasteiger partial charge in [0.2, 0.25) is 6.33 Å². The van der Waals surface area contributed by atoms with Gasteiger partial charge in [-0.1, -0.05) is 6.07 Å². The van der Waals surface area contributed by atoms with E-state index in [9.17, 15) is 9.90 Å². The van der Waals surface area contributed by atoms with Gasteiger partial charge in [-0.2, -0.15) is 0 Å². The van der Waals surface area contributed by atoms with E-state index in [1.807, 2.05) is 54.7 Å². The lowest BCUT2D eigenvalue weighted by molar-refractivity contribution is -0.671. The third kappa shape index (κ3) is 3.32. The van der Waals surface area contributed by atoms with Gasteiger partial charge < -0.3 is 10.4 Å². The van der Waals surface area contributed by atoms with Gasteiger partial charge in [0, 0.05) is 11.8 Å². The maximum Gasteiger partial charge on any atom is 0.243 e. The lowest BCUT2D eigenvalue weighted by Crippen LogP contribution is -2.24. The van der Waals surface area contributed by atoms with E-state index < -0.39 is 0 Å². The van der Waals surface area contributed by atoms with Crippen LogP contribution in [0.3, 0.4) is 0 Å². The molecule has 1 aliphatic rings. The highest BCUT2D eigenvalue weighted by Gasteiger charge is 2.19. The summed E-state index contributed by atoms with van der Waals surface area (Å²) >= 11 is 0. The third-order valence-corrected chi connectivity index (χ3v) is 4.59. The number of imidazole rings is 1. The van der Waals surface area contributed by atoms with Crippen LogP contribution >= 0.6 is 0 Å². The minimum Gasteiger partial charge on any atom is -0.505 e. The van der Waals surface area contributed by atoms with Crippen molar-refractivity contribution in [2.75, 3.05) is 11.9 Å². The zero-order valence-electron chi connectivity index (χ0n) is 15.7. The molecule has 0 saturated heterocycles. The second-order valence-electron chi connectivity index (χ2n) is 6.64. The van der Waals surface area contributed by atoms with E-state index in [0.29, 0.717) is 23.8 Å². The molecule has 3 heterocycles. The summed E-state index contributed by atoms with van der Waals surface area (Å²) in [7, 11) is 1.98. The summed E-state index contributed by atoms with van der Waals surface area (Å²) in [6.07, 6.45) is 10.8. The molecule has 0 aliphatic heterocycles. The molecule has 8 heteroatoms. The normalized spacial score (nSPS) is 15.8. The second-order valence-corrected chi connectivity index (χ2v) is 6.64. The smallest absolute Gasteiger partial charge is 0.243 e. The Morgan fingerprint density at radius 1 is 1.29 bits per heavy atom. The molecule has 0 spiro atoms. The molecular weight excluding hydrogens is 356 g/mol. The van der Waals surface area contributed by atoms with Crippen molar-refractivity contribution in [3.05, 3.63) is 66.6 Å². The van der Waals surface area contributed by atoms with E-state index in [2.05, 4.69) is 20.0 Å². The number of pyridine rings is 1. The first-order valence-corrected chi connectivity index (χ1v) is 8.96. The van der Waals surface area contributed by atoms with Gasteiger partial charge in [0.05, 0.1) is 19.1 Å². The predicted molar refractivity (Wildman–Crippen MR) is 106 cm³/mol. The Labute approximate surface area is 161 Å². The molecule has 1 aliphatic carbocycles. The summed E-state index contributed by atoms with van der Waals surface area (Å²) in [5.74, 6) is 0.300. The number of fused-ring (bicyclic) bond motifs is 1. The number of nitrogens with zero attached hydrogens (tertiary/aromatic N) is 5. The molecule has 0 atom stereocenters. The summed E-state index contributed by atoms with van der Waals surface area (Å²) in [6, 6.07) is 5.71. The van der Waals surface area contributed by atoms with Crippen LogP contribution in [-0.4, -0.2) is 37.3 Å². The fourth-order valence-corrected chi connectivity index (χ4v) is 3.03. The summed E-state index contributed by atoms with van der Waals surface area (Å²) < 4.78 is 5.79. The number of rotatable bonds is 5. The van der Waals surface area contributed by atoms with Crippen molar-refractivity contribution >= 4 is 28.5 Å². The van der Waals surface area contributed by atoms with Crippen LogP contribution in [0.5, 0.6) is 0 Å². The number of allylic oxidation sites excluding steroid dienone is 3. The van der Waals surface area contributed by atoms with E-state index in [-0.39, 0.29) is 17.1 Å². The molecule has 142 valence electrons. The van der Waals surface area contributed by atoms with Gasteiger partial charge in [-0.3, -0.25) is 4.79 Å².